The highest BCUT2D eigenvalue weighted by molar-refractivity contribution is 6.43. The minimum absolute atomic E-state index is 0.140. The summed E-state index contributed by atoms with van der Waals surface area (Å²) in [7, 11) is 0. The van der Waals surface area contributed by atoms with Crippen LogP contribution in [0.3, 0.4) is 0 Å². The number of rotatable bonds is 5. The van der Waals surface area contributed by atoms with E-state index in [1.54, 1.807) is 36.4 Å². The van der Waals surface area contributed by atoms with E-state index in [2.05, 4.69) is 0 Å². The van der Waals surface area contributed by atoms with Crippen LogP contribution in [0.2, 0.25) is 0 Å². The van der Waals surface area contributed by atoms with Gasteiger partial charge in [0, 0.05) is 11.1 Å². The van der Waals surface area contributed by atoms with Crippen LogP contribution in [0.4, 0.5) is 0 Å². The van der Waals surface area contributed by atoms with E-state index in [1.165, 1.54) is 24.3 Å². The van der Waals surface area contributed by atoms with Gasteiger partial charge in [-0.1, -0.05) is 60.7 Å². The third-order valence-electron chi connectivity index (χ3n) is 5.12. The minimum Gasteiger partial charge on any atom is -0.451 e. The molecule has 0 unspecified atom stereocenters. The van der Waals surface area contributed by atoms with Gasteiger partial charge >= 0.3 is 11.9 Å². The predicted octanol–water partition coefficient (Wildman–Crippen LogP) is 0.974. The molecule has 2 aromatic carbocycles. The number of esters is 2. The number of hydrogen-bond acceptors (Lipinski definition) is 8. The zero-order valence-corrected chi connectivity index (χ0v) is 15.3. The van der Waals surface area contributed by atoms with E-state index in [0.29, 0.717) is 0 Å². The first-order chi connectivity index (χ1) is 14.4. The first-order valence-electron chi connectivity index (χ1n) is 9.08. The number of hydrogen-bond donors (Lipinski definition) is 0. The lowest BCUT2D eigenvalue weighted by Gasteiger charge is -2.24. The summed E-state index contributed by atoms with van der Waals surface area (Å²) in [6.45, 7) is 0. The molecule has 0 radical (unpaired) electrons. The molecule has 2 aromatic rings. The fraction of sp³-hybridized carbons (Fsp3) is 0.182. The Morgan fingerprint density at radius 2 is 0.900 bits per heavy atom. The van der Waals surface area contributed by atoms with Crippen LogP contribution in [-0.4, -0.2) is 47.3 Å². The van der Waals surface area contributed by atoms with Crippen LogP contribution in [0, 0.1) is 11.8 Å². The van der Waals surface area contributed by atoms with E-state index in [-0.39, 0.29) is 11.1 Å². The number of benzene rings is 2. The Morgan fingerprint density at radius 3 is 1.23 bits per heavy atom. The highest BCUT2D eigenvalue weighted by Gasteiger charge is 2.60. The lowest BCUT2D eigenvalue weighted by Crippen LogP contribution is -2.44. The summed E-state index contributed by atoms with van der Waals surface area (Å²) in [5, 5.41) is 0. The van der Waals surface area contributed by atoms with Crippen molar-refractivity contribution in [3.05, 3.63) is 71.8 Å². The fourth-order valence-corrected chi connectivity index (χ4v) is 3.67. The Bertz CT molecular complexity index is 985. The van der Waals surface area contributed by atoms with Crippen LogP contribution in [0.1, 0.15) is 20.7 Å². The molecule has 2 fully saturated rings. The van der Waals surface area contributed by atoms with Crippen molar-refractivity contribution in [3.8, 4) is 0 Å². The quantitative estimate of drug-likeness (QED) is 0.312. The molecule has 30 heavy (non-hydrogen) atoms. The Labute approximate surface area is 169 Å². The van der Waals surface area contributed by atoms with Gasteiger partial charge < -0.3 is 9.47 Å². The molecule has 8 heteroatoms. The van der Waals surface area contributed by atoms with Crippen LogP contribution in [0.25, 0.3) is 0 Å². The Hall–Kier alpha value is -3.94. The molecule has 2 heterocycles. The number of carbonyl (C=O) groups excluding carboxylic acids is 6. The summed E-state index contributed by atoms with van der Waals surface area (Å²) in [6, 6.07) is 15.4. The molecule has 0 N–H and O–H groups in total. The molecule has 2 saturated heterocycles. The van der Waals surface area contributed by atoms with Crippen LogP contribution >= 0.6 is 0 Å². The van der Waals surface area contributed by atoms with E-state index in [9.17, 15) is 28.8 Å². The molecule has 4 rings (SSSR count). The van der Waals surface area contributed by atoms with Gasteiger partial charge in [0.1, 0.15) is 11.8 Å². The second-order valence-corrected chi connectivity index (χ2v) is 6.88. The maximum absolute atomic E-state index is 12.9. The van der Waals surface area contributed by atoms with Crippen molar-refractivity contribution in [1.29, 1.82) is 0 Å². The average Bonchev–Trinajstić information content (AvgIpc) is 3.23. The van der Waals surface area contributed by atoms with Gasteiger partial charge in [0.2, 0.25) is 0 Å². The lowest BCUT2D eigenvalue weighted by atomic mass is 9.81. The third-order valence-corrected chi connectivity index (χ3v) is 5.12. The Morgan fingerprint density at radius 1 is 0.567 bits per heavy atom. The lowest BCUT2D eigenvalue weighted by molar-refractivity contribution is -0.157. The highest BCUT2D eigenvalue weighted by Crippen LogP contribution is 2.35. The maximum atomic E-state index is 12.9. The second-order valence-electron chi connectivity index (χ2n) is 6.88. The van der Waals surface area contributed by atoms with Crippen molar-refractivity contribution in [1.82, 2.24) is 0 Å². The second kappa shape index (κ2) is 7.47. The molecule has 0 spiro atoms. The van der Waals surface area contributed by atoms with Crippen LogP contribution in [0.5, 0.6) is 0 Å². The van der Waals surface area contributed by atoms with E-state index >= 15 is 0 Å². The monoisotopic (exact) mass is 406 g/mol. The van der Waals surface area contributed by atoms with Crippen LogP contribution in [-0.2, 0) is 28.7 Å². The molecule has 0 aromatic heterocycles. The van der Waals surface area contributed by atoms with Gasteiger partial charge in [-0.15, -0.1) is 0 Å². The number of carbonyl (C=O) groups is 6. The average molecular weight is 406 g/mol. The van der Waals surface area contributed by atoms with Gasteiger partial charge in [-0.2, -0.15) is 0 Å². The molecule has 8 nitrogen and oxygen atoms in total. The predicted molar refractivity (Wildman–Crippen MR) is 98.3 cm³/mol. The van der Waals surface area contributed by atoms with Crippen LogP contribution in [0.15, 0.2) is 60.7 Å². The molecule has 0 amide bonds. The van der Waals surface area contributed by atoms with Crippen molar-refractivity contribution in [2.75, 3.05) is 0 Å². The Kier molecular flexibility index (Phi) is 4.83. The molecule has 150 valence electrons. The number of Topliss-reactive ketones (excluding diaryl/α,β-unsaturated/α-hetero) is 4. The van der Waals surface area contributed by atoms with E-state index in [4.69, 9.17) is 9.47 Å². The number of ketones is 4. The van der Waals surface area contributed by atoms with Crippen LogP contribution < -0.4 is 0 Å². The maximum Gasteiger partial charge on any atom is 0.376 e. The summed E-state index contributed by atoms with van der Waals surface area (Å²) in [5.74, 6) is -9.50. The molecule has 2 aliphatic heterocycles. The molecular formula is C22H14O8. The molecule has 0 saturated carbocycles. The highest BCUT2D eigenvalue weighted by atomic mass is 16.6. The zero-order chi connectivity index (χ0) is 21.4. The van der Waals surface area contributed by atoms with Gasteiger partial charge in [-0.25, -0.2) is 9.59 Å². The molecular weight excluding hydrogens is 392 g/mol. The van der Waals surface area contributed by atoms with Gasteiger partial charge in [0.05, 0.1) is 0 Å². The fourth-order valence-electron chi connectivity index (χ4n) is 3.67. The molecule has 0 aliphatic carbocycles. The van der Waals surface area contributed by atoms with Crippen molar-refractivity contribution >= 4 is 35.1 Å². The molecule has 4 atom stereocenters. The summed E-state index contributed by atoms with van der Waals surface area (Å²) in [4.78, 5) is 74.5. The molecule has 2 aliphatic rings. The van der Waals surface area contributed by atoms with Gasteiger partial charge in [0.15, 0.2) is 23.8 Å². The van der Waals surface area contributed by atoms with Crippen molar-refractivity contribution in [2.45, 2.75) is 12.2 Å². The molecule has 0 bridgehead atoms. The first-order valence-corrected chi connectivity index (χ1v) is 9.08. The topological polar surface area (TPSA) is 121 Å². The van der Waals surface area contributed by atoms with E-state index in [1.807, 2.05) is 0 Å². The minimum atomic E-state index is -1.63. The summed E-state index contributed by atoms with van der Waals surface area (Å²) < 4.78 is 10.1. The van der Waals surface area contributed by atoms with Gasteiger partial charge in [-0.05, 0) is 0 Å². The van der Waals surface area contributed by atoms with Crippen molar-refractivity contribution in [2.24, 2.45) is 11.8 Å². The van der Waals surface area contributed by atoms with Gasteiger partial charge in [-0.3, -0.25) is 19.2 Å². The smallest absolute Gasteiger partial charge is 0.376 e. The summed E-state index contributed by atoms with van der Waals surface area (Å²) in [5.41, 5.74) is 0.279. The SMILES string of the molecule is O=C1O[C@@H]([C@H]2OC(=O)C(=O)[C@@H]2C(=O)c2ccccc2)[C@H](C(=O)c2ccccc2)C1=O. The van der Waals surface area contributed by atoms with Crippen molar-refractivity contribution in [3.63, 3.8) is 0 Å². The largest absolute Gasteiger partial charge is 0.451 e. The summed E-state index contributed by atoms with van der Waals surface area (Å²) in [6.07, 6.45) is -3.16. The normalized spacial score (nSPS) is 25.7. The standard InChI is InChI=1S/C22H14O8/c23-15(11-7-3-1-4-8-11)13-17(25)21(27)29-19(13)20-14(18(26)22(28)30-20)16(24)12-9-5-2-6-10-12/h1-10,13-14,19-20H/t13-,14+,19-,20+. The third kappa shape index (κ3) is 3.12. The zero-order valence-electron chi connectivity index (χ0n) is 15.3. The van der Waals surface area contributed by atoms with E-state index in [0.717, 1.165) is 0 Å². The number of cyclic esters (lactones) is 2. The van der Waals surface area contributed by atoms with Gasteiger partial charge in [0.25, 0.3) is 11.6 Å². The summed E-state index contributed by atoms with van der Waals surface area (Å²) >= 11 is 0. The van der Waals surface area contributed by atoms with Crippen molar-refractivity contribution < 1.29 is 38.2 Å². The first kappa shape index (κ1) is 19.4. The Balaban J connectivity index is 1.72. The van der Waals surface area contributed by atoms with E-state index < -0.39 is 59.1 Å². The number of ether oxygens (including phenoxy) is 2.